The molecule has 7 heteroatoms. The lowest BCUT2D eigenvalue weighted by atomic mass is 9.71. The maximum absolute atomic E-state index is 12.7. The Balaban J connectivity index is 1.87. The number of rotatable bonds is 20. The van der Waals surface area contributed by atoms with E-state index in [1.165, 1.54) is 68.3 Å². The fourth-order valence-electron chi connectivity index (χ4n) is 6.34. The van der Waals surface area contributed by atoms with Gasteiger partial charge in [0.05, 0.1) is 25.9 Å². The van der Waals surface area contributed by atoms with Gasteiger partial charge in [-0.05, 0) is 42.1 Å². The normalized spacial score (nSPS) is 22.5. The van der Waals surface area contributed by atoms with Crippen LogP contribution in [0.4, 0.5) is 0 Å². The molecule has 0 radical (unpaired) electrons. The van der Waals surface area contributed by atoms with E-state index in [1.807, 2.05) is 18.2 Å². The molecule has 6 nitrogen and oxygen atoms in total. The molecule has 0 saturated carbocycles. The highest BCUT2D eigenvalue weighted by Gasteiger charge is 2.53. The van der Waals surface area contributed by atoms with Gasteiger partial charge >= 0.3 is 5.97 Å². The van der Waals surface area contributed by atoms with E-state index in [4.69, 9.17) is 23.4 Å². The van der Waals surface area contributed by atoms with Crippen molar-refractivity contribution in [2.24, 2.45) is 11.8 Å². The number of unbranched alkanes of at least 4 members (excludes halogenated alkanes) is 3. The molecule has 3 rings (SSSR count). The van der Waals surface area contributed by atoms with Gasteiger partial charge in [0, 0.05) is 19.4 Å². The zero-order valence-electron chi connectivity index (χ0n) is 27.6. The Bertz CT molecular complexity index is 1060. The Morgan fingerprint density at radius 3 is 2.28 bits per heavy atom. The summed E-state index contributed by atoms with van der Waals surface area (Å²) < 4.78 is 30.5. The number of methoxy groups -OCH3 is 1. The average Bonchev–Trinajstić information content (AvgIpc) is 3.32. The van der Waals surface area contributed by atoms with Crippen LogP contribution in [0.1, 0.15) is 85.1 Å². The average molecular weight is 613 g/mol. The minimum Gasteiger partial charge on any atom is -0.467 e. The van der Waals surface area contributed by atoms with E-state index in [1.54, 1.807) is 7.11 Å². The Morgan fingerprint density at radius 1 is 1.02 bits per heavy atom. The van der Waals surface area contributed by atoms with Crippen LogP contribution in [-0.4, -0.2) is 47.0 Å². The van der Waals surface area contributed by atoms with Gasteiger partial charge in [0.1, 0.15) is 0 Å². The summed E-state index contributed by atoms with van der Waals surface area (Å²) >= 11 is 0. The van der Waals surface area contributed by atoms with Crippen LogP contribution >= 0.6 is 0 Å². The van der Waals surface area contributed by atoms with E-state index < -0.39 is 13.9 Å². The summed E-state index contributed by atoms with van der Waals surface area (Å²) in [6, 6.07) is 13.9. The van der Waals surface area contributed by atoms with E-state index in [0.717, 1.165) is 11.1 Å². The summed E-state index contributed by atoms with van der Waals surface area (Å²) in [6.45, 7) is 12.9. The Labute approximate surface area is 262 Å². The quantitative estimate of drug-likeness (QED) is 0.0634. The summed E-state index contributed by atoms with van der Waals surface area (Å²) in [6.07, 6.45) is 13.9. The van der Waals surface area contributed by atoms with Gasteiger partial charge < -0.3 is 23.4 Å². The molecule has 2 aliphatic rings. The number of esters is 1. The molecule has 0 unspecified atom stereocenters. The van der Waals surface area contributed by atoms with Gasteiger partial charge in [-0.2, -0.15) is 0 Å². The Kier molecular flexibility index (Phi) is 14.7. The van der Waals surface area contributed by atoms with E-state index in [2.05, 4.69) is 58.9 Å². The van der Waals surface area contributed by atoms with Gasteiger partial charge in [-0.3, -0.25) is 0 Å². The molecule has 1 heterocycles. The van der Waals surface area contributed by atoms with Gasteiger partial charge in [-0.25, -0.2) is 4.79 Å². The first-order valence-electron chi connectivity index (χ1n) is 16.5. The summed E-state index contributed by atoms with van der Waals surface area (Å²) in [5.74, 6) is 0.122. The lowest BCUT2D eigenvalue weighted by molar-refractivity contribution is -0.154. The Morgan fingerprint density at radius 2 is 1.67 bits per heavy atom. The van der Waals surface area contributed by atoms with Gasteiger partial charge in [-0.1, -0.05) is 114 Å². The van der Waals surface area contributed by atoms with Crippen LogP contribution < -0.4 is 0 Å². The van der Waals surface area contributed by atoms with Crippen molar-refractivity contribution < 1.29 is 28.2 Å². The predicted octanol–water partition coefficient (Wildman–Crippen LogP) is 8.89. The number of hydrogen-bond acceptors (Lipinski definition) is 6. The molecule has 0 amide bonds. The third-order valence-electron chi connectivity index (χ3n) is 8.86. The molecule has 0 saturated heterocycles. The summed E-state index contributed by atoms with van der Waals surface area (Å²) in [4.78, 5) is 12.7. The molecule has 3 atom stereocenters. The largest absolute Gasteiger partial charge is 0.467 e. The molecule has 0 fully saturated rings. The van der Waals surface area contributed by atoms with E-state index in [9.17, 15) is 4.79 Å². The van der Waals surface area contributed by atoms with Gasteiger partial charge in [0.25, 0.3) is 0 Å². The van der Waals surface area contributed by atoms with Crippen molar-refractivity contribution in [3.8, 4) is 0 Å². The van der Waals surface area contributed by atoms with Crippen LogP contribution in [-0.2, 0) is 34.8 Å². The highest BCUT2D eigenvalue weighted by Crippen LogP contribution is 2.48. The zero-order chi connectivity index (χ0) is 31.1. The summed E-state index contributed by atoms with van der Waals surface area (Å²) in [5.41, 5.74) is 2.62. The van der Waals surface area contributed by atoms with Crippen LogP contribution in [0.3, 0.4) is 0 Å². The second-order valence-corrected chi connectivity index (χ2v) is 16.7. The second kappa shape index (κ2) is 17.9. The first kappa shape index (κ1) is 35.3. The molecule has 240 valence electrons. The molecular formula is C36H56O6Si. The first-order valence-corrected chi connectivity index (χ1v) is 19.0. The molecular weight excluding hydrogens is 556 g/mol. The summed E-state index contributed by atoms with van der Waals surface area (Å²) in [5, 5.41) is 0. The molecule has 0 aromatic heterocycles. The number of benzene rings is 1. The van der Waals surface area contributed by atoms with Crippen LogP contribution in [0.2, 0.25) is 18.1 Å². The molecule has 0 N–H and O–H groups in total. The zero-order valence-corrected chi connectivity index (χ0v) is 28.6. The van der Waals surface area contributed by atoms with E-state index in [-0.39, 0.29) is 24.6 Å². The van der Waals surface area contributed by atoms with E-state index in [0.29, 0.717) is 32.0 Å². The molecule has 1 aliphatic heterocycles. The molecule has 1 aromatic carbocycles. The van der Waals surface area contributed by atoms with Crippen molar-refractivity contribution in [2.45, 2.75) is 110 Å². The molecule has 1 spiro atoms. The molecule has 43 heavy (non-hydrogen) atoms. The molecule has 1 aliphatic carbocycles. The monoisotopic (exact) mass is 612 g/mol. The topological polar surface area (TPSA) is 63.2 Å². The maximum Gasteiger partial charge on any atom is 0.335 e. The van der Waals surface area contributed by atoms with Crippen molar-refractivity contribution in [3.63, 3.8) is 0 Å². The fraction of sp³-hybridized carbons (Fsp3) is 0.639. The van der Waals surface area contributed by atoms with Crippen LogP contribution in [0.5, 0.6) is 0 Å². The first-order chi connectivity index (χ1) is 20.8. The third kappa shape index (κ3) is 10.2. The smallest absolute Gasteiger partial charge is 0.335 e. The SMILES string of the molecule is CCCC[Si](CCCC)(CCCC)OC/C(C)=C/[C@@H]1C=C(COCc2ccccc2)[C@H](C)C[C@]12OC(=O)C=C2OCOC. The standard InChI is InChI=1S/C36H56O6Si/c1-7-10-18-43(19-11-8-2,20-12-9-3)41-25-29(4)21-33-22-32(27-39-26-31-16-14-13-15-17-31)30(5)24-36(33)34(40-28-38-6)23-35(37)42-36/h13-17,21-23,30,33H,7-12,18-20,24-28H2,1-6H3/b29-21+/t30-,33-,36+/m1/s1. The summed E-state index contributed by atoms with van der Waals surface area (Å²) in [7, 11) is -0.273. The third-order valence-corrected chi connectivity index (χ3v) is 13.4. The number of hydrogen-bond donors (Lipinski definition) is 0. The minimum absolute atomic E-state index is 0.0638. The lowest BCUT2D eigenvalue weighted by Crippen LogP contribution is -2.45. The van der Waals surface area contributed by atoms with Crippen LogP contribution in [0.25, 0.3) is 0 Å². The van der Waals surface area contributed by atoms with Gasteiger partial charge in [0.2, 0.25) is 0 Å². The Hall–Kier alpha value is -2.19. The van der Waals surface area contributed by atoms with Crippen LogP contribution in [0, 0.1) is 11.8 Å². The highest BCUT2D eigenvalue weighted by atomic mass is 28.4. The number of ether oxygens (including phenoxy) is 4. The number of carbonyl (C=O) groups excluding carboxylic acids is 1. The predicted molar refractivity (Wildman–Crippen MR) is 176 cm³/mol. The van der Waals surface area contributed by atoms with Crippen molar-refractivity contribution in [3.05, 3.63) is 71.0 Å². The van der Waals surface area contributed by atoms with Crippen molar-refractivity contribution in [1.82, 2.24) is 0 Å². The van der Waals surface area contributed by atoms with E-state index >= 15 is 0 Å². The van der Waals surface area contributed by atoms with Gasteiger partial charge in [-0.15, -0.1) is 0 Å². The lowest BCUT2D eigenvalue weighted by Gasteiger charge is -2.41. The number of carbonyl (C=O) groups is 1. The van der Waals surface area contributed by atoms with Gasteiger partial charge in [0.15, 0.2) is 26.5 Å². The molecule has 0 bridgehead atoms. The molecule has 1 aromatic rings. The maximum atomic E-state index is 12.7. The fourth-order valence-corrected chi connectivity index (χ4v) is 11.1. The second-order valence-electron chi connectivity index (χ2n) is 12.5. The van der Waals surface area contributed by atoms with Crippen molar-refractivity contribution in [1.29, 1.82) is 0 Å². The van der Waals surface area contributed by atoms with Crippen LogP contribution in [0.15, 0.2) is 65.5 Å². The van der Waals surface area contributed by atoms with Crippen molar-refractivity contribution in [2.75, 3.05) is 27.1 Å². The van der Waals surface area contributed by atoms with Crippen molar-refractivity contribution >= 4 is 14.3 Å². The highest BCUT2D eigenvalue weighted by molar-refractivity contribution is 6.73. The minimum atomic E-state index is -1.86.